The van der Waals surface area contributed by atoms with Crippen LogP contribution >= 0.6 is 0 Å². The van der Waals surface area contributed by atoms with Gasteiger partial charge in [-0.3, -0.25) is 4.79 Å². The van der Waals surface area contributed by atoms with E-state index in [4.69, 9.17) is 4.74 Å². The van der Waals surface area contributed by atoms with E-state index in [-0.39, 0.29) is 11.5 Å². The number of rotatable bonds is 7. The average molecular weight is 238 g/mol. The molecular weight excluding hydrogens is 219 g/mol. The van der Waals surface area contributed by atoms with Gasteiger partial charge in [0.1, 0.15) is 0 Å². The van der Waals surface area contributed by atoms with Crippen molar-refractivity contribution in [2.45, 2.75) is 39.5 Å². The maximum Gasteiger partial charge on any atom is 0.165 e. The van der Waals surface area contributed by atoms with Gasteiger partial charge in [-0.1, -0.05) is 26.7 Å². The zero-order chi connectivity index (χ0) is 12.7. The fourth-order valence-electron chi connectivity index (χ4n) is 1.53. The summed E-state index contributed by atoms with van der Waals surface area (Å²) in [4.78, 5) is 11.5. The normalized spacial score (nSPS) is 10.3. The van der Waals surface area contributed by atoms with E-state index >= 15 is 0 Å². The Balaban J connectivity index is 2.66. The SMILES string of the molecule is CCCCCOc1cc(C(=O)CC)ccc1F. The lowest BCUT2D eigenvalue weighted by Crippen LogP contribution is -2.02. The molecule has 1 aromatic carbocycles. The van der Waals surface area contributed by atoms with E-state index in [0.29, 0.717) is 18.6 Å². The van der Waals surface area contributed by atoms with Crippen molar-refractivity contribution < 1.29 is 13.9 Å². The van der Waals surface area contributed by atoms with Crippen LogP contribution in [0.3, 0.4) is 0 Å². The summed E-state index contributed by atoms with van der Waals surface area (Å²) in [7, 11) is 0. The highest BCUT2D eigenvalue weighted by atomic mass is 19.1. The first kappa shape index (κ1) is 13.7. The summed E-state index contributed by atoms with van der Waals surface area (Å²) in [5.74, 6) is -0.224. The van der Waals surface area contributed by atoms with Gasteiger partial charge in [-0.25, -0.2) is 4.39 Å². The maximum atomic E-state index is 13.4. The van der Waals surface area contributed by atoms with E-state index in [1.165, 1.54) is 18.2 Å². The van der Waals surface area contributed by atoms with Crippen molar-refractivity contribution in [2.24, 2.45) is 0 Å². The zero-order valence-electron chi connectivity index (χ0n) is 10.5. The highest BCUT2D eigenvalue weighted by Crippen LogP contribution is 2.20. The Hall–Kier alpha value is -1.38. The quantitative estimate of drug-likeness (QED) is 0.530. The summed E-state index contributed by atoms with van der Waals surface area (Å²) in [5.41, 5.74) is 0.513. The van der Waals surface area contributed by atoms with Gasteiger partial charge in [0.2, 0.25) is 0 Å². The lowest BCUT2D eigenvalue weighted by molar-refractivity contribution is 0.0987. The first-order valence-electron chi connectivity index (χ1n) is 6.14. The Morgan fingerprint density at radius 3 is 2.71 bits per heavy atom. The molecule has 0 radical (unpaired) electrons. The highest BCUT2D eigenvalue weighted by Gasteiger charge is 2.09. The molecule has 2 nitrogen and oxygen atoms in total. The Bertz CT molecular complexity index is 374. The van der Waals surface area contributed by atoms with Crippen molar-refractivity contribution in [1.29, 1.82) is 0 Å². The summed E-state index contributed by atoms with van der Waals surface area (Å²) < 4.78 is 18.8. The molecule has 0 saturated heterocycles. The molecule has 1 rings (SSSR count). The lowest BCUT2D eigenvalue weighted by Gasteiger charge is -2.08. The Kier molecular flexibility index (Phi) is 5.67. The van der Waals surface area contributed by atoms with Crippen LogP contribution in [-0.2, 0) is 0 Å². The number of carbonyl (C=O) groups excluding carboxylic acids is 1. The molecule has 0 saturated carbocycles. The van der Waals surface area contributed by atoms with Crippen LogP contribution in [-0.4, -0.2) is 12.4 Å². The highest BCUT2D eigenvalue weighted by molar-refractivity contribution is 5.96. The van der Waals surface area contributed by atoms with Gasteiger partial charge in [-0.15, -0.1) is 0 Å². The lowest BCUT2D eigenvalue weighted by atomic mass is 10.1. The fourth-order valence-corrected chi connectivity index (χ4v) is 1.53. The first-order valence-corrected chi connectivity index (χ1v) is 6.14. The molecule has 0 unspecified atom stereocenters. The number of ether oxygens (including phenoxy) is 1. The molecule has 0 fully saturated rings. The van der Waals surface area contributed by atoms with E-state index in [1.807, 2.05) is 0 Å². The number of Topliss-reactive ketones (excluding diaryl/α,β-unsaturated/α-hetero) is 1. The molecule has 0 aliphatic heterocycles. The summed E-state index contributed by atoms with van der Waals surface area (Å²) in [6, 6.07) is 4.28. The molecule has 0 atom stereocenters. The number of carbonyl (C=O) groups is 1. The fraction of sp³-hybridized carbons (Fsp3) is 0.500. The van der Waals surface area contributed by atoms with Crippen LogP contribution in [0.5, 0.6) is 5.75 Å². The molecule has 0 bridgehead atoms. The van der Waals surface area contributed by atoms with E-state index in [9.17, 15) is 9.18 Å². The Labute approximate surface area is 102 Å². The van der Waals surface area contributed by atoms with E-state index in [0.717, 1.165) is 19.3 Å². The number of halogens is 1. The van der Waals surface area contributed by atoms with Crippen molar-refractivity contribution >= 4 is 5.78 Å². The van der Waals surface area contributed by atoms with Gasteiger partial charge in [0.05, 0.1) is 6.61 Å². The summed E-state index contributed by atoms with van der Waals surface area (Å²) in [6.07, 6.45) is 3.48. The molecule has 0 N–H and O–H groups in total. The molecule has 1 aromatic rings. The second-order valence-electron chi connectivity index (χ2n) is 3.98. The minimum atomic E-state index is -0.408. The van der Waals surface area contributed by atoms with Crippen LogP contribution < -0.4 is 4.74 Å². The Morgan fingerprint density at radius 2 is 2.06 bits per heavy atom. The predicted molar refractivity (Wildman–Crippen MR) is 66.0 cm³/mol. The molecule has 3 heteroatoms. The summed E-state index contributed by atoms with van der Waals surface area (Å²) in [6.45, 7) is 4.38. The molecule has 0 aliphatic carbocycles. The van der Waals surface area contributed by atoms with Gasteiger partial charge in [0, 0.05) is 12.0 Å². The minimum absolute atomic E-state index is 0.00316. The van der Waals surface area contributed by atoms with Crippen molar-refractivity contribution in [3.8, 4) is 5.75 Å². The summed E-state index contributed by atoms with van der Waals surface area (Å²) in [5, 5.41) is 0. The van der Waals surface area contributed by atoms with Gasteiger partial charge in [-0.2, -0.15) is 0 Å². The summed E-state index contributed by atoms with van der Waals surface area (Å²) >= 11 is 0. The van der Waals surface area contributed by atoms with Gasteiger partial charge in [0.15, 0.2) is 17.3 Å². The zero-order valence-corrected chi connectivity index (χ0v) is 10.5. The van der Waals surface area contributed by atoms with Crippen LogP contribution in [0.4, 0.5) is 4.39 Å². The largest absolute Gasteiger partial charge is 0.490 e. The third kappa shape index (κ3) is 4.17. The molecule has 0 aromatic heterocycles. The van der Waals surface area contributed by atoms with Gasteiger partial charge in [0.25, 0.3) is 0 Å². The smallest absolute Gasteiger partial charge is 0.165 e. The van der Waals surface area contributed by atoms with Crippen molar-refractivity contribution in [3.05, 3.63) is 29.6 Å². The van der Waals surface area contributed by atoms with Crippen molar-refractivity contribution in [3.63, 3.8) is 0 Å². The van der Waals surface area contributed by atoms with Crippen LogP contribution in [0, 0.1) is 5.82 Å². The van der Waals surface area contributed by atoms with Gasteiger partial charge < -0.3 is 4.74 Å². The molecule has 0 heterocycles. The predicted octanol–water partition coefficient (Wildman–Crippen LogP) is 3.99. The first-order chi connectivity index (χ1) is 8.19. The molecule has 17 heavy (non-hydrogen) atoms. The third-order valence-corrected chi connectivity index (χ3v) is 2.58. The number of benzene rings is 1. The molecule has 94 valence electrons. The standard InChI is InChI=1S/C14H19FO2/c1-3-5-6-9-17-14-10-11(13(16)4-2)7-8-12(14)15/h7-8,10H,3-6,9H2,1-2H3. The van der Waals surface area contributed by atoms with E-state index in [2.05, 4.69) is 6.92 Å². The van der Waals surface area contributed by atoms with Gasteiger partial charge in [-0.05, 0) is 24.6 Å². The second kappa shape index (κ2) is 7.05. The number of hydrogen-bond acceptors (Lipinski definition) is 2. The molecule has 0 spiro atoms. The average Bonchev–Trinajstić information content (AvgIpc) is 2.35. The molecule has 0 aliphatic rings. The minimum Gasteiger partial charge on any atom is -0.490 e. The maximum absolute atomic E-state index is 13.4. The van der Waals surface area contributed by atoms with Crippen LogP contribution in [0.25, 0.3) is 0 Å². The van der Waals surface area contributed by atoms with Gasteiger partial charge >= 0.3 is 0 Å². The number of ketones is 1. The van der Waals surface area contributed by atoms with Crippen molar-refractivity contribution in [1.82, 2.24) is 0 Å². The third-order valence-electron chi connectivity index (χ3n) is 2.58. The van der Waals surface area contributed by atoms with Crippen LogP contribution in [0.1, 0.15) is 49.9 Å². The number of hydrogen-bond donors (Lipinski definition) is 0. The second-order valence-corrected chi connectivity index (χ2v) is 3.98. The molecule has 0 amide bonds. The topological polar surface area (TPSA) is 26.3 Å². The van der Waals surface area contributed by atoms with Crippen molar-refractivity contribution in [2.75, 3.05) is 6.61 Å². The Morgan fingerprint density at radius 1 is 1.29 bits per heavy atom. The van der Waals surface area contributed by atoms with E-state index in [1.54, 1.807) is 6.92 Å². The van der Waals surface area contributed by atoms with Crippen LogP contribution in [0.15, 0.2) is 18.2 Å². The van der Waals surface area contributed by atoms with E-state index < -0.39 is 5.82 Å². The molecular formula is C14H19FO2. The monoisotopic (exact) mass is 238 g/mol. The number of unbranched alkanes of at least 4 members (excludes halogenated alkanes) is 2. The van der Waals surface area contributed by atoms with Crippen LogP contribution in [0.2, 0.25) is 0 Å².